The summed E-state index contributed by atoms with van der Waals surface area (Å²) in [5, 5.41) is 0. The summed E-state index contributed by atoms with van der Waals surface area (Å²) in [7, 11) is -1.89. The van der Waals surface area contributed by atoms with Gasteiger partial charge in [-0.15, -0.1) is 11.6 Å². The van der Waals surface area contributed by atoms with Crippen LogP contribution in [0, 0.1) is 5.92 Å². The highest BCUT2D eigenvalue weighted by molar-refractivity contribution is 9.10. The van der Waals surface area contributed by atoms with E-state index < -0.39 is 10.0 Å². The van der Waals surface area contributed by atoms with Crippen molar-refractivity contribution in [2.24, 2.45) is 5.92 Å². The smallest absolute Gasteiger partial charge is 0.247 e. The van der Waals surface area contributed by atoms with E-state index >= 15 is 0 Å². The van der Waals surface area contributed by atoms with Crippen molar-refractivity contribution in [2.75, 3.05) is 13.6 Å². The van der Waals surface area contributed by atoms with Gasteiger partial charge in [0.1, 0.15) is 10.7 Å². The molecule has 1 aliphatic carbocycles. The lowest BCUT2D eigenvalue weighted by atomic mass is 10.1. The molecule has 1 aromatic rings. The van der Waals surface area contributed by atoms with Crippen LogP contribution < -0.4 is 0 Å². The monoisotopic (exact) mass is 369 g/mol. The van der Waals surface area contributed by atoms with E-state index in [1.165, 1.54) is 23.2 Å². The van der Waals surface area contributed by atoms with Gasteiger partial charge in [-0.25, -0.2) is 12.7 Å². The van der Waals surface area contributed by atoms with Crippen LogP contribution in [0.25, 0.3) is 0 Å². The quantitative estimate of drug-likeness (QED) is 0.744. The first-order chi connectivity index (χ1) is 8.95. The molecular weight excluding hydrogens is 354 g/mol. The summed E-state index contributed by atoms with van der Waals surface area (Å²) in [6.07, 6.45) is 4.62. The fourth-order valence-corrected chi connectivity index (χ4v) is 4.80. The van der Waals surface area contributed by atoms with Gasteiger partial charge in [0.25, 0.3) is 0 Å². The van der Waals surface area contributed by atoms with E-state index in [4.69, 9.17) is 16.0 Å². The van der Waals surface area contributed by atoms with Gasteiger partial charge in [0.15, 0.2) is 4.67 Å². The largest absolute Gasteiger partial charge is 0.452 e. The Kier molecular flexibility index (Phi) is 4.98. The van der Waals surface area contributed by atoms with Crippen molar-refractivity contribution in [3.8, 4) is 0 Å². The first-order valence-corrected chi connectivity index (χ1v) is 9.02. The molecule has 0 unspecified atom stereocenters. The average Bonchev–Trinajstić information content (AvgIpc) is 2.98. The molecule has 0 N–H and O–H groups in total. The van der Waals surface area contributed by atoms with Gasteiger partial charge in [0.2, 0.25) is 10.0 Å². The second-order valence-corrected chi connectivity index (χ2v) is 7.92. The molecule has 0 atom stereocenters. The lowest BCUT2D eigenvalue weighted by molar-refractivity contribution is 0.386. The minimum Gasteiger partial charge on any atom is -0.452 e. The van der Waals surface area contributed by atoms with Crippen molar-refractivity contribution in [3.05, 3.63) is 16.5 Å². The molecule has 0 aromatic carbocycles. The normalized spacial score (nSPS) is 17.5. The maximum Gasteiger partial charge on any atom is 0.247 e. The molecule has 1 fully saturated rings. The van der Waals surface area contributed by atoms with E-state index in [2.05, 4.69) is 15.9 Å². The summed E-state index contributed by atoms with van der Waals surface area (Å²) in [6, 6.07) is 1.48. The lowest BCUT2D eigenvalue weighted by Gasteiger charge is -2.20. The third-order valence-electron chi connectivity index (χ3n) is 3.52. The van der Waals surface area contributed by atoms with E-state index in [1.54, 1.807) is 7.05 Å². The van der Waals surface area contributed by atoms with E-state index in [-0.39, 0.29) is 15.4 Å². The van der Waals surface area contributed by atoms with E-state index in [9.17, 15) is 8.42 Å². The van der Waals surface area contributed by atoms with Crippen molar-refractivity contribution in [1.82, 2.24) is 4.31 Å². The first kappa shape index (κ1) is 15.4. The van der Waals surface area contributed by atoms with Crippen LogP contribution in [0.1, 0.15) is 31.4 Å². The van der Waals surface area contributed by atoms with Crippen LogP contribution in [0.4, 0.5) is 0 Å². The zero-order valence-electron chi connectivity index (χ0n) is 10.7. The summed E-state index contributed by atoms with van der Waals surface area (Å²) in [6.45, 7) is 0.566. The Morgan fingerprint density at radius 3 is 2.63 bits per heavy atom. The zero-order chi connectivity index (χ0) is 14.0. The number of rotatable bonds is 5. The van der Waals surface area contributed by atoms with Crippen LogP contribution in [-0.2, 0) is 15.9 Å². The average molecular weight is 371 g/mol. The van der Waals surface area contributed by atoms with Gasteiger partial charge in [-0.1, -0.05) is 12.8 Å². The molecule has 1 aromatic heterocycles. The van der Waals surface area contributed by atoms with Gasteiger partial charge < -0.3 is 4.42 Å². The highest BCUT2D eigenvalue weighted by Crippen LogP contribution is 2.31. The summed E-state index contributed by atoms with van der Waals surface area (Å²) >= 11 is 8.80. The number of hydrogen-bond acceptors (Lipinski definition) is 3. The van der Waals surface area contributed by atoms with E-state index in [1.807, 2.05) is 0 Å². The van der Waals surface area contributed by atoms with E-state index in [0.717, 1.165) is 12.8 Å². The Hall–Kier alpha value is -0.0400. The summed E-state index contributed by atoms with van der Waals surface area (Å²) in [5.41, 5.74) is 0. The van der Waals surface area contributed by atoms with Gasteiger partial charge in [0, 0.05) is 19.7 Å². The summed E-state index contributed by atoms with van der Waals surface area (Å²) in [5.74, 6) is 1.07. The van der Waals surface area contributed by atoms with Gasteiger partial charge in [-0.2, -0.15) is 0 Å². The topological polar surface area (TPSA) is 50.5 Å². The predicted octanol–water partition coefficient (Wildman–Crippen LogP) is 3.59. The molecule has 1 heterocycles. The Balaban J connectivity index is 2.17. The maximum atomic E-state index is 12.5. The Bertz CT molecular complexity index is 537. The van der Waals surface area contributed by atoms with Crippen molar-refractivity contribution in [2.45, 2.75) is 36.5 Å². The van der Waals surface area contributed by atoms with Crippen LogP contribution in [-0.4, -0.2) is 26.3 Å². The Morgan fingerprint density at radius 1 is 1.47 bits per heavy atom. The van der Waals surface area contributed by atoms with Crippen molar-refractivity contribution in [1.29, 1.82) is 0 Å². The molecule has 0 radical (unpaired) electrons. The Morgan fingerprint density at radius 2 is 2.11 bits per heavy atom. The van der Waals surface area contributed by atoms with Crippen molar-refractivity contribution < 1.29 is 12.8 Å². The summed E-state index contributed by atoms with van der Waals surface area (Å²) in [4.78, 5) is 0.156. The first-order valence-electron chi connectivity index (χ1n) is 6.25. The molecule has 19 heavy (non-hydrogen) atoms. The fraction of sp³-hybridized carbons (Fsp3) is 0.667. The maximum absolute atomic E-state index is 12.5. The fourth-order valence-electron chi connectivity index (χ4n) is 2.46. The standard InChI is InChI=1S/C12H17BrClNO3S/c1-15(8-9-4-2-3-5-9)19(16,17)11-6-10(7-14)18-12(11)13/h6,9H,2-5,7-8H2,1H3. The van der Waals surface area contributed by atoms with Crippen LogP contribution in [0.3, 0.4) is 0 Å². The van der Waals surface area contributed by atoms with Gasteiger partial charge >= 0.3 is 0 Å². The van der Waals surface area contributed by atoms with Crippen molar-refractivity contribution in [3.63, 3.8) is 0 Å². The van der Waals surface area contributed by atoms with E-state index in [0.29, 0.717) is 18.2 Å². The number of alkyl halides is 1. The number of hydrogen-bond donors (Lipinski definition) is 0. The molecule has 7 heteroatoms. The number of furan rings is 1. The molecular formula is C12H17BrClNO3S. The van der Waals surface area contributed by atoms with Crippen LogP contribution in [0.15, 0.2) is 20.0 Å². The lowest BCUT2D eigenvalue weighted by Crippen LogP contribution is -2.31. The van der Waals surface area contributed by atoms with Crippen LogP contribution >= 0.6 is 27.5 Å². The Labute approximate surface area is 127 Å². The number of nitrogens with zero attached hydrogens (tertiary/aromatic N) is 1. The second-order valence-electron chi connectivity index (χ2n) is 4.92. The summed E-state index contributed by atoms with van der Waals surface area (Å²) < 4.78 is 31.8. The molecule has 1 aliphatic rings. The minimum absolute atomic E-state index is 0.153. The third kappa shape index (κ3) is 3.35. The molecule has 1 saturated carbocycles. The van der Waals surface area contributed by atoms with Gasteiger partial charge in [-0.05, 0) is 34.7 Å². The molecule has 108 valence electrons. The molecule has 0 bridgehead atoms. The third-order valence-corrected chi connectivity index (χ3v) is 6.46. The zero-order valence-corrected chi connectivity index (χ0v) is 13.9. The molecule has 0 saturated heterocycles. The molecule has 0 amide bonds. The predicted molar refractivity (Wildman–Crippen MR) is 77.7 cm³/mol. The van der Waals surface area contributed by atoms with Crippen LogP contribution in [0.5, 0.6) is 0 Å². The second kappa shape index (κ2) is 6.16. The molecule has 0 aliphatic heterocycles. The number of halogens is 2. The van der Waals surface area contributed by atoms with Crippen LogP contribution in [0.2, 0.25) is 0 Å². The molecule has 2 rings (SSSR count). The van der Waals surface area contributed by atoms with Gasteiger partial charge in [0.05, 0.1) is 5.88 Å². The SMILES string of the molecule is CN(CC1CCCC1)S(=O)(=O)c1cc(CCl)oc1Br. The highest BCUT2D eigenvalue weighted by Gasteiger charge is 2.29. The molecule has 0 spiro atoms. The highest BCUT2D eigenvalue weighted by atomic mass is 79.9. The van der Waals surface area contributed by atoms with Crippen molar-refractivity contribution >= 4 is 37.6 Å². The van der Waals surface area contributed by atoms with Gasteiger partial charge in [-0.3, -0.25) is 0 Å². The molecule has 4 nitrogen and oxygen atoms in total. The number of sulfonamides is 1. The minimum atomic E-state index is -3.51.